The van der Waals surface area contributed by atoms with Gasteiger partial charge in [0.25, 0.3) is 5.89 Å². The number of nitrogen functional groups attached to an aromatic ring is 1. The van der Waals surface area contributed by atoms with Crippen LogP contribution in [-0.4, -0.2) is 45.8 Å². The Kier molecular flexibility index (Phi) is 16.7. The molecule has 1 amide bonds. The maximum absolute atomic E-state index is 12.7. The molecule has 2 aromatic rings. The summed E-state index contributed by atoms with van der Waals surface area (Å²) < 4.78 is 42.5. The first-order chi connectivity index (χ1) is 16.1. The molecule has 0 bridgehead atoms. The van der Waals surface area contributed by atoms with E-state index in [1.54, 1.807) is 0 Å². The molecule has 3 N–H and O–H groups in total. The number of aromatic nitrogens is 2. The van der Waals surface area contributed by atoms with E-state index in [9.17, 15) is 23.1 Å². The fourth-order valence-electron chi connectivity index (χ4n) is 2.62. The molecule has 0 aliphatic carbocycles. The Morgan fingerprint density at radius 3 is 2.15 bits per heavy atom. The monoisotopic (exact) mass is 490 g/mol. The van der Waals surface area contributed by atoms with Crippen molar-refractivity contribution >= 4 is 12.1 Å². The summed E-state index contributed by atoms with van der Waals surface area (Å²) in [4.78, 5) is 15.9. The average Bonchev–Trinajstić information content (AvgIpc) is 3.36. The van der Waals surface area contributed by atoms with Crippen LogP contribution in [0.5, 0.6) is 0 Å². The molecule has 34 heavy (non-hydrogen) atoms. The number of benzene rings is 1. The molecule has 196 valence electrons. The Morgan fingerprint density at radius 1 is 1.15 bits per heavy atom. The number of para-hydroxylation sites is 1. The Hall–Kier alpha value is -2.62. The summed E-state index contributed by atoms with van der Waals surface area (Å²) in [5, 5.41) is 12.9. The average molecular weight is 491 g/mol. The predicted octanol–water partition coefficient (Wildman–Crippen LogP) is 5.83. The fraction of sp³-hybridized carbons (Fsp3) is 0.625. The smallest absolute Gasteiger partial charge is 0.399 e. The number of aliphatic hydroxyl groups is 1. The molecule has 1 aliphatic heterocycles. The number of hydrogen-bond acceptors (Lipinski definition) is 6. The summed E-state index contributed by atoms with van der Waals surface area (Å²) >= 11 is 0. The van der Waals surface area contributed by atoms with Crippen molar-refractivity contribution in [2.75, 3.05) is 18.8 Å². The third kappa shape index (κ3) is 10.1. The Bertz CT molecular complexity index is 775. The fourth-order valence-corrected chi connectivity index (χ4v) is 2.62. The first-order valence-electron chi connectivity index (χ1n) is 11.7. The summed E-state index contributed by atoms with van der Waals surface area (Å²) in [6, 6.07) is 7.80. The van der Waals surface area contributed by atoms with E-state index in [1.807, 2.05) is 72.7 Å². The van der Waals surface area contributed by atoms with E-state index >= 15 is 0 Å². The van der Waals surface area contributed by atoms with E-state index in [4.69, 9.17) is 5.73 Å². The molecule has 1 saturated heterocycles. The minimum atomic E-state index is -4.90. The number of likely N-dealkylation sites (tertiary alicyclic amines) is 1. The molecule has 0 radical (unpaired) electrons. The second-order valence-corrected chi connectivity index (χ2v) is 6.82. The van der Waals surface area contributed by atoms with Crippen LogP contribution in [0.15, 0.2) is 28.8 Å². The minimum Gasteiger partial charge on any atom is -0.399 e. The predicted molar refractivity (Wildman–Crippen MR) is 129 cm³/mol. The van der Waals surface area contributed by atoms with Gasteiger partial charge in [0.15, 0.2) is 5.82 Å². The van der Waals surface area contributed by atoms with Gasteiger partial charge in [0.05, 0.1) is 0 Å². The molecule has 1 aromatic carbocycles. The first-order valence-corrected chi connectivity index (χ1v) is 11.7. The van der Waals surface area contributed by atoms with Gasteiger partial charge < -0.3 is 20.3 Å². The normalized spacial score (nSPS) is 16.5. The van der Waals surface area contributed by atoms with Crippen molar-refractivity contribution in [3.63, 3.8) is 0 Å². The van der Waals surface area contributed by atoms with Crippen molar-refractivity contribution in [1.82, 2.24) is 15.0 Å². The van der Waals surface area contributed by atoms with Crippen molar-refractivity contribution in [3.05, 3.63) is 41.5 Å². The van der Waals surface area contributed by atoms with E-state index in [0.717, 1.165) is 11.3 Å². The van der Waals surface area contributed by atoms with E-state index in [1.165, 1.54) is 4.90 Å². The summed E-state index contributed by atoms with van der Waals surface area (Å²) in [7, 11) is 0. The van der Waals surface area contributed by atoms with Gasteiger partial charge in [-0.15, -0.1) is 0 Å². The van der Waals surface area contributed by atoms with Gasteiger partial charge in [0.1, 0.15) is 0 Å². The highest BCUT2D eigenvalue weighted by Gasteiger charge is 2.55. The zero-order valence-electron chi connectivity index (χ0n) is 21.6. The number of rotatable bonds is 3. The second-order valence-electron chi connectivity index (χ2n) is 6.82. The van der Waals surface area contributed by atoms with Crippen molar-refractivity contribution < 1.29 is 27.6 Å². The van der Waals surface area contributed by atoms with Gasteiger partial charge in [-0.05, 0) is 38.3 Å². The number of nitrogens with zero attached hydrogens (tertiary/aromatic N) is 3. The number of anilines is 1. The topological polar surface area (TPSA) is 105 Å². The number of nitrogens with two attached hydrogens (primary N) is 1. The maximum Gasteiger partial charge on any atom is 0.426 e. The molecule has 2 atom stereocenters. The van der Waals surface area contributed by atoms with E-state index < -0.39 is 17.7 Å². The van der Waals surface area contributed by atoms with Crippen LogP contribution >= 0.6 is 0 Å². The van der Waals surface area contributed by atoms with Gasteiger partial charge in [-0.25, -0.2) is 0 Å². The Balaban J connectivity index is 0. The lowest BCUT2D eigenvalue weighted by atomic mass is 9.98. The number of aryl methyl sites for hydroxylation is 1. The van der Waals surface area contributed by atoms with Gasteiger partial charge in [0.2, 0.25) is 12.0 Å². The molecule has 0 spiro atoms. The van der Waals surface area contributed by atoms with Crippen LogP contribution in [-0.2, 0) is 10.4 Å². The van der Waals surface area contributed by atoms with Crippen molar-refractivity contribution in [3.8, 4) is 0 Å². The zero-order chi connectivity index (χ0) is 26.9. The lowest BCUT2D eigenvalue weighted by Crippen LogP contribution is -2.39. The summed E-state index contributed by atoms with van der Waals surface area (Å²) in [5.41, 5.74) is 4.35. The number of halogens is 3. The van der Waals surface area contributed by atoms with Crippen LogP contribution in [0.4, 0.5) is 18.9 Å². The molecular weight excluding hydrogens is 449 g/mol. The number of piperidine rings is 1. The van der Waals surface area contributed by atoms with Crippen LogP contribution in [0.25, 0.3) is 0 Å². The number of carbonyl (C=O) groups excluding carboxylic acids is 1. The molecule has 1 aliphatic rings. The lowest BCUT2D eigenvalue weighted by Gasteiger charge is -2.27. The highest BCUT2D eigenvalue weighted by molar-refractivity contribution is 5.47. The van der Waals surface area contributed by atoms with E-state index in [0.29, 0.717) is 39.3 Å². The van der Waals surface area contributed by atoms with Crippen LogP contribution in [0.2, 0.25) is 0 Å². The molecule has 1 aromatic heterocycles. The number of alkyl halides is 3. The van der Waals surface area contributed by atoms with Gasteiger partial charge in [-0.3, -0.25) is 4.79 Å². The minimum absolute atomic E-state index is 0.0797. The van der Waals surface area contributed by atoms with Gasteiger partial charge in [-0.2, -0.15) is 18.2 Å². The Morgan fingerprint density at radius 2 is 1.71 bits per heavy atom. The number of amides is 1. The maximum atomic E-state index is 12.7. The lowest BCUT2D eigenvalue weighted by molar-refractivity contribution is -0.267. The number of hydrogen-bond donors (Lipinski definition) is 2. The molecule has 7 nitrogen and oxygen atoms in total. The van der Waals surface area contributed by atoms with Crippen LogP contribution in [0, 0.1) is 6.92 Å². The van der Waals surface area contributed by atoms with Crippen LogP contribution in [0.1, 0.15) is 84.5 Å². The highest BCUT2D eigenvalue weighted by atomic mass is 19.4. The van der Waals surface area contributed by atoms with E-state index in [2.05, 4.69) is 14.7 Å². The molecule has 2 heterocycles. The van der Waals surface area contributed by atoms with Gasteiger partial charge in [-0.1, -0.05) is 64.9 Å². The summed E-state index contributed by atoms with van der Waals surface area (Å²) in [5.74, 6) is -1.09. The Labute approximate surface area is 201 Å². The van der Waals surface area contributed by atoms with Crippen LogP contribution in [0.3, 0.4) is 0 Å². The molecular formula is C24H41F3N4O3. The third-order valence-electron chi connectivity index (χ3n) is 4.57. The van der Waals surface area contributed by atoms with Gasteiger partial charge >= 0.3 is 6.18 Å². The third-order valence-corrected chi connectivity index (χ3v) is 4.57. The first kappa shape index (κ1) is 33.6. The largest absolute Gasteiger partial charge is 0.426 e. The summed E-state index contributed by atoms with van der Waals surface area (Å²) in [6.07, 6.45) is -2.86. The number of carbonyl (C=O) groups is 1. The molecule has 10 heteroatoms. The van der Waals surface area contributed by atoms with Crippen LogP contribution < -0.4 is 5.73 Å². The second kappa shape index (κ2) is 16.9. The summed E-state index contributed by atoms with van der Waals surface area (Å²) in [6.45, 7) is 15.5. The SMILES string of the molecule is CC.CC.CC.CC(O)(c1nc([C@@H]2CCCN(C=O)C2)no1)C(F)(F)F.Cc1ccccc1N. The quantitative estimate of drug-likeness (QED) is 0.414. The highest BCUT2D eigenvalue weighted by Crippen LogP contribution is 2.38. The van der Waals surface area contributed by atoms with Crippen molar-refractivity contribution in [1.29, 1.82) is 0 Å². The molecule has 3 rings (SSSR count). The zero-order valence-corrected chi connectivity index (χ0v) is 21.6. The molecule has 1 fully saturated rings. The van der Waals surface area contributed by atoms with Crippen molar-refractivity contribution in [2.24, 2.45) is 0 Å². The molecule has 1 unspecified atom stereocenters. The van der Waals surface area contributed by atoms with E-state index in [-0.39, 0.29) is 11.7 Å². The van der Waals surface area contributed by atoms with Gasteiger partial charge in [0, 0.05) is 24.7 Å². The molecule has 0 saturated carbocycles. The standard InChI is InChI=1S/C11H14F3N3O3.C7H9N.3C2H6/c1-10(19,11(12,13)14)9-15-8(16-20-9)7-3-2-4-17(5-7)6-18;1-6-4-2-3-5-7(6)8;3*1-2/h6-7,19H,2-5H2,1H3;2-5H,8H2,1H3;3*1-2H3/t7-,10?;;;;/m1..../s1. The van der Waals surface area contributed by atoms with Crippen molar-refractivity contribution in [2.45, 2.75) is 85.9 Å².